The lowest BCUT2D eigenvalue weighted by Gasteiger charge is -2.15. The normalized spacial score (nSPS) is 11.6. The second-order valence-corrected chi connectivity index (χ2v) is 6.83. The number of rotatable bonds is 5. The van der Waals surface area contributed by atoms with Gasteiger partial charge in [-0.05, 0) is 17.7 Å². The number of halogens is 6. The lowest BCUT2D eigenvalue weighted by molar-refractivity contribution is -0.139. The Bertz CT molecular complexity index is 920. The van der Waals surface area contributed by atoms with E-state index in [1.807, 2.05) is 30.3 Å². The summed E-state index contributed by atoms with van der Waals surface area (Å²) < 4.78 is 46.5. The van der Waals surface area contributed by atoms with Crippen LogP contribution in [0.25, 0.3) is 5.69 Å². The fraction of sp³-hybridized carbons (Fsp3) is 0.167. The van der Waals surface area contributed by atoms with Crippen LogP contribution in [0.4, 0.5) is 13.2 Å². The van der Waals surface area contributed by atoms with Crippen LogP contribution < -0.4 is 4.74 Å². The molecule has 0 amide bonds. The first-order chi connectivity index (χ1) is 12.8. The highest BCUT2D eigenvalue weighted by atomic mass is 35.5. The second kappa shape index (κ2) is 8.00. The number of hydrogen-bond acceptors (Lipinski definition) is 2. The van der Waals surface area contributed by atoms with Crippen LogP contribution >= 0.6 is 34.8 Å². The van der Waals surface area contributed by atoms with Crippen LogP contribution in [0.2, 0.25) is 15.1 Å². The van der Waals surface area contributed by atoms with E-state index in [1.165, 1.54) is 12.1 Å². The van der Waals surface area contributed by atoms with Gasteiger partial charge in [0.2, 0.25) is 5.88 Å². The van der Waals surface area contributed by atoms with Gasteiger partial charge in [-0.25, -0.2) is 0 Å². The summed E-state index contributed by atoms with van der Waals surface area (Å²) in [7, 11) is 0. The highest BCUT2D eigenvalue weighted by Crippen LogP contribution is 2.40. The lowest BCUT2D eigenvalue weighted by Crippen LogP contribution is -2.12. The van der Waals surface area contributed by atoms with Crippen LogP contribution in [0.5, 0.6) is 5.88 Å². The molecule has 0 atom stereocenters. The molecule has 0 aliphatic heterocycles. The molecule has 142 valence electrons. The van der Waals surface area contributed by atoms with Gasteiger partial charge in [-0.2, -0.15) is 23.0 Å². The molecule has 3 aromatic rings. The molecule has 0 aliphatic rings. The van der Waals surface area contributed by atoms with E-state index in [0.717, 1.165) is 10.2 Å². The Morgan fingerprint density at radius 3 is 2.22 bits per heavy atom. The summed E-state index contributed by atoms with van der Waals surface area (Å²) in [6.07, 6.45) is -3.55. The molecule has 0 saturated heterocycles. The maximum Gasteiger partial charge on any atom is 0.423 e. The van der Waals surface area contributed by atoms with E-state index in [1.54, 1.807) is 0 Å². The average molecular weight is 436 g/mol. The molecule has 0 unspecified atom stereocenters. The van der Waals surface area contributed by atoms with E-state index >= 15 is 0 Å². The van der Waals surface area contributed by atoms with Crippen molar-refractivity contribution >= 4 is 34.8 Å². The van der Waals surface area contributed by atoms with Gasteiger partial charge in [0.25, 0.3) is 0 Å². The first kappa shape index (κ1) is 19.9. The average Bonchev–Trinajstić information content (AvgIpc) is 2.99. The minimum Gasteiger partial charge on any atom is -0.477 e. The van der Waals surface area contributed by atoms with E-state index in [-0.39, 0.29) is 27.4 Å². The van der Waals surface area contributed by atoms with Crippen molar-refractivity contribution in [2.45, 2.75) is 12.6 Å². The van der Waals surface area contributed by atoms with Gasteiger partial charge in [-0.15, -0.1) is 0 Å². The molecular weight excluding hydrogens is 424 g/mol. The Labute approximate surface area is 168 Å². The third-order valence-electron chi connectivity index (χ3n) is 3.70. The summed E-state index contributed by atoms with van der Waals surface area (Å²) in [4.78, 5) is 0. The van der Waals surface area contributed by atoms with Gasteiger partial charge in [0.1, 0.15) is 11.3 Å². The van der Waals surface area contributed by atoms with Crippen molar-refractivity contribution in [3.05, 3.63) is 74.9 Å². The minimum absolute atomic E-state index is 0.0155. The third kappa shape index (κ3) is 4.51. The van der Waals surface area contributed by atoms with Gasteiger partial charge in [0.05, 0.1) is 22.8 Å². The zero-order valence-electron chi connectivity index (χ0n) is 13.6. The Balaban J connectivity index is 1.97. The van der Waals surface area contributed by atoms with Crippen molar-refractivity contribution in [2.75, 3.05) is 6.61 Å². The topological polar surface area (TPSA) is 27.1 Å². The van der Waals surface area contributed by atoms with E-state index < -0.39 is 17.6 Å². The Hall–Kier alpha value is -1.89. The predicted molar refractivity (Wildman–Crippen MR) is 99.2 cm³/mol. The van der Waals surface area contributed by atoms with Crippen molar-refractivity contribution in [1.29, 1.82) is 0 Å². The molecule has 0 spiro atoms. The fourth-order valence-electron chi connectivity index (χ4n) is 2.48. The summed E-state index contributed by atoms with van der Waals surface area (Å²) in [5.74, 6) is -0.482. The molecule has 0 radical (unpaired) electrons. The summed E-state index contributed by atoms with van der Waals surface area (Å²) in [5, 5.41) is 4.15. The number of benzene rings is 2. The predicted octanol–water partition coefficient (Wildman–Crippen LogP) is 6.47. The maximum absolute atomic E-state index is 13.4. The largest absolute Gasteiger partial charge is 0.477 e. The van der Waals surface area contributed by atoms with Crippen molar-refractivity contribution in [3.8, 4) is 11.6 Å². The van der Waals surface area contributed by atoms with Gasteiger partial charge in [0, 0.05) is 11.4 Å². The summed E-state index contributed by atoms with van der Waals surface area (Å²) in [6.45, 7) is 0.0155. The summed E-state index contributed by atoms with van der Waals surface area (Å²) in [5.41, 5.74) is -0.0229. The molecule has 3 rings (SSSR count). The molecule has 3 nitrogen and oxygen atoms in total. The van der Waals surface area contributed by atoms with E-state index in [9.17, 15) is 13.2 Å². The van der Waals surface area contributed by atoms with Crippen molar-refractivity contribution < 1.29 is 17.9 Å². The maximum atomic E-state index is 13.4. The highest BCUT2D eigenvalue weighted by molar-refractivity contribution is 6.40. The zero-order chi connectivity index (χ0) is 19.6. The molecular formula is C18H12Cl3F3N2O. The Morgan fingerprint density at radius 1 is 1.00 bits per heavy atom. The van der Waals surface area contributed by atoms with Gasteiger partial charge in [-0.3, -0.25) is 0 Å². The SMILES string of the molecule is FC(F)(F)c1cnn(-c2c(Cl)cc(Cl)cc2Cl)c1OCCc1ccccc1. The molecule has 0 fully saturated rings. The molecule has 0 saturated carbocycles. The Kier molecular flexibility index (Phi) is 5.89. The van der Waals surface area contributed by atoms with Crippen molar-refractivity contribution in [1.82, 2.24) is 9.78 Å². The first-order valence-electron chi connectivity index (χ1n) is 7.74. The number of aromatic nitrogens is 2. The molecule has 0 bridgehead atoms. The molecule has 27 heavy (non-hydrogen) atoms. The Morgan fingerprint density at radius 2 is 1.63 bits per heavy atom. The van der Waals surface area contributed by atoms with Gasteiger partial charge in [-0.1, -0.05) is 65.1 Å². The van der Waals surface area contributed by atoms with Crippen molar-refractivity contribution in [3.63, 3.8) is 0 Å². The fourth-order valence-corrected chi connectivity index (χ4v) is 3.45. The summed E-state index contributed by atoms with van der Waals surface area (Å²) in [6, 6.07) is 12.0. The summed E-state index contributed by atoms with van der Waals surface area (Å²) >= 11 is 18.1. The second-order valence-electron chi connectivity index (χ2n) is 5.58. The molecule has 1 aromatic heterocycles. The van der Waals surface area contributed by atoms with Gasteiger partial charge < -0.3 is 4.74 Å². The lowest BCUT2D eigenvalue weighted by atomic mass is 10.2. The van der Waals surface area contributed by atoms with Crippen LogP contribution in [-0.4, -0.2) is 16.4 Å². The zero-order valence-corrected chi connectivity index (χ0v) is 15.9. The first-order valence-corrected chi connectivity index (χ1v) is 8.87. The van der Waals surface area contributed by atoms with Crippen molar-refractivity contribution in [2.24, 2.45) is 0 Å². The molecule has 0 N–H and O–H groups in total. The third-order valence-corrected chi connectivity index (χ3v) is 4.49. The number of alkyl halides is 3. The van der Waals surface area contributed by atoms with E-state index in [4.69, 9.17) is 39.5 Å². The van der Waals surface area contributed by atoms with Crippen LogP contribution in [0, 0.1) is 0 Å². The minimum atomic E-state index is -4.65. The molecule has 9 heteroatoms. The van der Waals surface area contributed by atoms with Gasteiger partial charge in [0.15, 0.2) is 0 Å². The van der Waals surface area contributed by atoms with Crippen LogP contribution in [-0.2, 0) is 12.6 Å². The van der Waals surface area contributed by atoms with Crippen LogP contribution in [0.15, 0.2) is 48.7 Å². The molecule has 2 aromatic carbocycles. The van der Waals surface area contributed by atoms with Crippen LogP contribution in [0.3, 0.4) is 0 Å². The highest BCUT2D eigenvalue weighted by Gasteiger charge is 2.38. The van der Waals surface area contributed by atoms with Crippen LogP contribution in [0.1, 0.15) is 11.1 Å². The quantitative estimate of drug-likeness (QED) is 0.459. The number of nitrogens with zero attached hydrogens (tertiary/aromatic N) is 2. The smallest absolute Gasteiger partial charge is 0.423 e. The van der Waals surface area contributed by atoms with E-state index in [2.05, 4.69) is 5.10 Å². The van der Waals surface area contributed by atoms with Gasteiger partial charge >= 0.3 is 6.18 Å². The van der Waals surface area contributed by atoms with E-state index in [0.29, 0.717) is 12.6 Å². The molecule has 1 heterocycles. The number of ether oxygens (including phenoxy) is 1. The standard InChI is InChI=1S/C18H12Cl3F3N2O/c19-12-8-14(20)16(15(21)9-12)26-17(13(10-25-26)18(22,23)24)27-7-6-11-4-2-1-3-5-11/h1-5,8-10H,6-7H2. The number of hydrogen-bond donors (Lipinski definition) is 0. The monoisotopic (exact) mass is 434 g/mol. The molecule has 0 aliphatic carbocycles.